The highest BCUT2D eigenvalue weighted by molar-refractivity contribution is 5.91. The molecule has 5 heteroatoms. The molecule has 0 fully saturated rings. The lowest BCUT2D eigenvalue weighted by atomic mass is 10.0. The molecule has 0 saturated heterocycles. The van der Waals surface area contributed by atoms with Crippen LogP contribution in [0.2, 0.25) is 0 Å². The van der Waals surface area contributed by atoms with Crippen LogP contribution in [0.15, 0.2) is 54.9 Å². The van der Waals surface area contributed by atoms with Crippen molar-refractivity contribution in [2.75, 3.05) is 0 Å². The normalized spacial score (nSPS) is 10.8. The fraction of sp³-hybridized carbons (Fsp3) is 0.370. The number of aryl methyl sites for hydroxylation is 2. The number of rotatable bonds is 11. The third-order valence-electron chi connectivity index (χ3n) is 5.47. The van der Waals surface area contributed by atoms with Crippen LogP contribution < -0.4 is 4.74 Å². The summed E-state index contributed by atoms with van der Waals surface area (Å²) in [5.41, 5.74) is 3.71. The van der Waals surface area contributed by atoms with Gasteiger partial charge in [-0.2, -0.15) is 0 Å². The number of carbonyl (C=O) groups excluding carboxylic acids is 1. The molecule has 0 bridgehead atoms. The van der Waals surface area contributed by atoms with Gasteiger partial charge in [0.25, 0.3) is 0 Å². The van der Waals surface area contributed by atoms with Gasteiger partial charge in [0.05, 0.1) is 23.7 Å². The van der Waals surface area contributed by atoms with Crippen LogP contribution in [0, 0.1) is 5.82 Å². The van der Waals surface area contributed by atoms with Gasteiger partial charge in [0.2, 0.25) is 5.88 Å². The van der Waals surface area contributed by atoms with Gasteiger partial charge in [-0.1, -0.05) is 69.9 Å². The molecule has 0 radical (unpaired) electrons. The number of esters is 1. The van der Waals surface area contributed by atoms with Gasteiger partial charge in [-0.15, -0.1) is 0 Å². The Balaban J connectivity index is 1.59. The molecule has 0 N–H and O–H groups in total. The molecule has 4 nitrogen and oxygen atoms in total. The predicted molar refractivity (Wildman–Crippen MR) is 125 cm³/mol. The molecular formula is C27H31FN2O2. The summed E-state index contributed by atoms with van der Waals surface area (Å²) in [5, 5.41) is 0. The van der Waals surface area contributed by atoms with Crippen LogP contribution >= 0.6 is 0 Å². The maximum atomic E-state index is 14.3. The third kappa shape index (κ3) is 6.71. The minimum absolute atomic E-state index is 0.0424. The van der Waals surface area contributed by atoms with E-state index in [1.54, 1.807) is 12.3 Å². The molecule has 0 aliphatic heterocycles. The molecule has 1 heterocycles. The Kier molecular flexibility index (Phi) is 8.90. The molecule has 32 heavy (non-hydrogen) atoms. The summed E-state index contributed by atoms with van der Waals surface area (Å²) in [6.45, 7) is 4.30. The van der Waals surface area contributed by atoms with Crippen molar-refractivity contribution in [3.05, 3.63) is 77.4 Å². The summed E-state index contributed by atoms with van der Waals surface area (Å²) in [5.74, 6) is -1.32. The Morgan fingerprint density at radius 3 is 2.22 bits per heavy atom. The molecule has 1 aromatic heterocycles. The Morgan fingerprint density at radius 2 is 1.56 bits per heavy atom. The molecule has 2 aromatic carbocycles. The first-order valence-electron chi connectivity index (χ1n) is 11.5. The number of aromatic nitrogens is 2. The zero-order valence-corrected chi connectivity index (χ0v) is 18.9. The Labute approximate surface area is 189 Å². The van der Waals surface area contributed by atoms with Crippen LogP contribution in [-0.4, -0.2) is 15.9 Å². The van der Waals surface area contributed by atoms with Crippen LogP contribution in [0.3, 0.4) is 0 Å². The molecule has 0 amide bonds. The van der Waals surface area contributed by atoms with Crippen molar-refractivity contribution in [2.24, 2.45) is 0 Å². The average Bonchev–Trinajstić information content (AvgIpc) is 2.81. The van der Waals surface area contributed by atoms with Crippen molar-refractivity contribution < 1.29 is 13.9 Å². The van der Waals surface area contributed by atoms with Gasteiger partial charge in [-0.3, -0.25) is 0 Å². The summed E-state index contributed by atoms with van der Waals surface area (Å²) in [6, 6.07) is 12.9. The Morgan fingerprint density at radius 1 is 0.844 bits per heavy atom. The second kappa shape index (κ2) is 12.1. The van der Waals surface area contributed by atoms with Gasteiger partial charge in [-0.25, -0.2) is 19.2 Å². The minimum Gasteiger partial charge on any atom is -0.402 e. The second-order valence-corrected chi connectivity index (χ2v) is 8.05. The number of unbranched alkanes of at least 4 members (excludes halogenated alkanes) is 4. The standard InChI is InChI=1S/C27H31FN2O2/c1-3-5-7-8-10-20-11-14-22(15-12-20)25-18-30-26(19-29-25)32-27(31)23-16-13-21(9-6-4-2)17-24(23)28/h11-19H,3-10H2,1-2H3. The lowest BCUT2D eigenvalue weighted by molar-refractivity contribution is 0.0722. The lowest BCUT2D eigenvalue weighted by Crippen LogP contribution is -2.12. The highest BCUT2D eigenvalue weighted by Gasteiger charge is 2.15. The van der Waals surface area contributed by atoms with Gasteiger partial charge < -0.3 is 4.74 Å². The molecule has 3 rings (SSSR count). The molecule has 168 valence electrons. The van der Waals surface area contributed by atoms with E-state index in [2.05, 4.69) is 35.9 Å². The fourth-order valence-electron chi connectivity index (χ4n) is 3.53. The topological polar surface area (TPSA) is 52.1 Å². The van der Waals surface area contributed by atoms with Crippen LogP contribution in [0.5, 0.6) is 5.88 Å². The first-order valence-corrected chi connectivity index (χ1v) is 11.5. The van der Waals surface area contributed by atoms with Crippen LogP contribution in [0.25, 0.3) is 11.3 Å². The predicted octanol–water partition coefficient (Wildman–Crippen LogP) is 6.97. The summed E-state index contributed by atoms with van der Waals surface area (Å²) in [7, 11) is 0. The Hall–Kier alpha value is -3.08. The van der Waals surface area contributed by atoms with E-state index >= 15 is 0 Å². The van der Waals surface area contributed by atoms with Crippen LogP contribution in [0.4, 0.5) is 4.39 Å². The molecule has 0 aliphatic rings. The SMILES string of the molecule is CCCCCCc1ccc(-c2cnc(OC(=O)c3ccc(CCCC)cc3F)cn2)cc1. The van der Waals surface area contributed by atoms with E-state index in [0.29, 0.717) is 5.69 Å². The number of hydrogen-bond acceptors (Lipinski definition) is 4. The van der Waals surface area contributed by atoms with Crippen LogP contribution in [-0.2, 0) is 12.8 Å². The van der Waals surface area contributed by atoms with E-state index in [-0.39, 0.29) is 11.4 Å². The molecular weight excluding hydrogens is 403 g/mol. The van der Waals surface area contributed by atoms with Crippen molar-refractivity contribution >= 4 is 5.97 Å². The monoisotopic (exact) mass is 434 g/mol. The summed E-state index contributed by atoms with van der Waals surface area (Å²) >= 11 is 0. The number of ether oxygens (including phenoxy) is 1. The van der Waals surface area contributed by atoms with Gasteiger partial charge in [0.15, 0.2) is 0 Å². The molecule has 0 spiro atoms. The molecule has 3 aromatic rings. The molecule has 0 saturated carbocycles. The third-order valence-corrected chi connectivity index (χ3v) is 5.47. The van der Waals surface area contributed by atoms with Crippen molar-refractivity contribution in [1.82, 2.24) is 9.97 Å². The highest BCUT2D eigenvalue weighted by Crippen LogP contribution is 2.20. The second-order valence-electron chi connectivity index (χ2n) is 8.05. The number of carbonyl (C=O) groups is 1. The summed E-state index contributed by atoms with van der Waals surface area (Å²) in [4.78, 5) is 20.9. The zero-order valence-electron chi connectivity index (χ0n) is 18.9. The van der Waals surface area contributed by atoms with E-state index < -0.39 is 11.8 Å². The fourth-order valence-corrected chi connectivity index (χ4v) is 3.53. The maximum Gasteiger partial charge on any atom is 0.347 e. The van der Waals surface area contributed by atoms with E-state index in [1.165, 1.54) is 49.6 Å². The quantitative estimate of drug-likeness (QED) is 0.242. The highest BCUT2D eigenvalue weighted by atomic mass is 19.1. The van der Waals surface area contributed by atoms with Gasteiger partial charge in [0.1, 0.15) is 5.82 Å². The van der Waals surface area contributed by atoms with E-state index in [0.717, 1.165) is 36.8 Å². The van der Waals surface area contributed by atoms with Gasteiger partial charge in [-0.05, 0) is 48.9 Å². The van der Waals surface area contributed by atoms with E-state index in [4.69, 9.17) is 4.74 Å². The van der Waals surface area contributed by atoms with Gasteiger partial charge in [0, 0.05) is 5.56 Å². The average molecular weight is 435 g/mol. The number of halogens is 1. The maximum absolute atomic E-state index is 14.3. The van der Waals surface area contributed by atoms with Crippen molar-refractivity contribution in [2.45, 2.75) is 65.2 Å². The Bertz CT molecular complexity index is 1000. The van der Waals surface area contributed by atoms with Crippen LogP contribution in [0.1, 0.15) is 73.9 Å². The van der Waals surface area contributed by atoms with Crippen molar-refractivity contribution in [3.63, 3.8) is 0 Å². The molecule has 0 atom stereocenters. The lowest BCUT2D eigenvalue weighted by Gasteiger charge is -2.07. The first-order chi connectivity index (χ1) is 15.6. The minimum atomic E-state index is -0.779. The summed E-state index contributed by atoms with van der Waals surface area (Å²) < 4.78 is 19.6. The zero-order chi connectivity index (χ0) is 22.8. The molecule has 0 aliphatic carbocycles. The van der Waals surface area contributed by atoms with Crippen molar-refractivity contribution in [3.8, 4) is 17.1 Å². The number of hydrogen-bond donors (Lipinski definition) is 0. The largest absolute Gasteiger partial charge is 0.402 e. The molecule has 0 unspecified atom stereocenters. The van der Waals surface area contributed by atoms with E-state index in [9.17, 15) is 9.18 Å². The van der Waals surface area contributed by atoms with Crippen molar-refractivity contribution in [1.29, 1.82) is 0 Å². The van der Waals surface area contributed by atoms with E-state index in [1.807, 2.05) is 12.1 Å². The first kappa shape index (κ1) is 23.6. The summed E-state index contributed by atoms with van der Waals surface area (Å²) in [6.07, 6.45) is 11.8. The smallest absolute Gasteiger partial charge is 0.347 e. The van der Waals surface area contributed by atoms with Gasteiger partial charge >= 0.3 is 5.97 Å². The number of nitrogens with zero attached hydrogens (tertiary/aromatic N) is 2. The number of benzene rings is 2.